The third kappa shape index (κ3) is 6.25. The summed E-state index contributed by atoms with van der Waals surface area (Å²) in [7, 11) is 0. The highest BCUT2D eigenvalue weighted by Gasteiger charge is 2.33. The zero-order valence-corrected chi connectivity index (χ0v) is 12.8. The fraction of sp³-hybridized carbons (Fsp3) is 0.562. The summed E-state index contributed by atoms with van der Waals surface area (Å²) in [6.07, 6.45) is 0.840. The smallest absolute Gasteiger partial charge is 0.335 e. The normalized spacial score (nSPS) is 23.8. The Morgan fingerprint density at radius 3 is 2.43 bits per heavy atom. The maximum Gasteiger partial charge on any atom is 0.335 e. The van der Waals surface area contributed by atoms with E-state index in [1.807, 2.05) is 13.8 Å². The van der Waals surface area contributed by atoms with E-state index in [9.17, 15) is 4.79 Å². The van der Waals surface area contributed by atoms with E-state index in [4.69, 9.17) is 19.7 Å². The highest BCUT2D eigenvalue weighted by molar-refractivity contribution is 5.87. The first kappa shape index (κ1) is 17.6. The number of carbonyl (C=O) groups is 1. The molecule has 118 valence electrons. The van der Waals surface area contributed by atoms with Crippen molar-refractivity contribution >= 4 is 5.97 Å². The topological polar surface area (TPSA) is 76.0 Å². The van der Waals surface area contributed by atoms with E-state index in [0.717, 1.165) is 6.61 Å². The first-order valence-electron chi connectivity index (χ1n) is 7.06. The molecule has 0 radical (unpaired) electrons. The lowest BCUT2D eigenvalue weighted by Gasteiger charge is -2.39. The summed E-state index contributed by atoms with van der Waals surface area (Å²) in [5.41, 5.74) is 0.331. The minimum atomic E-state index is -0.879. The molecule has 0 aromatic heterocycles. The van der Waals surface area contributed by atoms with Gasteiger partial charge >= 0.3 is 5.97 Å². The molecular formula is C16H24O5. The Labute approximate surface area is 125 Å². The van der Waals surface area contributed by atoms with Crippen LogP contribution < -0.4 is 0 Å². The van der Waals surface area contributed by atoms with Gasteiger partial charge in [0.1, 0.15) is 0 Å². The quantitative estimate of drug-likeness (QED) is 0.896. The van der Waals surface area contributed by atoms with Crippen LogP contribution >= 0.6 is 0 Å². The van der Waals surface area contributed by atoms with Gasteiger partial charge in [0.25, 0.3) is 0 Å². The van der Waals surface area contributed by atoms with Crippen LogP contribution in [0, 0.1) is 5.92 Å². The second-order valence-electron chi connectivity index (χ2n) is 5.53. The van der Waals surface area contributed by atoms with Gasteiger partial charge in [0.15, 0.2) is 5.79 Å². The molecule has 0 spiro atoms. The fourth-order valence-corrected chi connectivity index (χ4v) is 2.01. The molecule has 1 heterocycles. The Morgan fingerprint density at radius 1 is 1.33 bits per heavy atom. The standard InChI is InChI=1S/C9H18O3.C7H6O2/c1-7-6-11-9(2,3)12-8(7)4-5-10;8-7(9)6-4-2-1-3-5-6/h7-8,10H,4-6H2,1-3H3;1-5H,(H,8,9)/t7-,8-;/m0./s1. The van der Waals surface area contributed by atoms with Crippen molar-refractivity contribution in [3.05, 3.63) is 35.9 Å². The Bertz CT molecular complexity index is 430. The molecule has 2 rings (SSSR count). The minimum Gasteiger partial charge on any atom is -0.478 e. The number of ether oxygens (including phenoxy) is 2. The number of hydrogen-bond donors (Lipinski definition) is 2. The van der Waals surface area contributed by atoms with Gasteiger partial charge in [0.2, 0.25) is 0 Å². The molecule has 1 saturated heterocycles. The van der Waals surface area contributed by atoms with E-state index in [1.54, 1.807) is 30.3 Å². The average molecular weight is 296 g/mol. The van der Waals surface area contributed by atoms with Crippen molar-refractivity contribution in [3.63, 3.8) is 0 Å². The molecule has 2 N–H and O–H groups in total. The lowest BCUT2D eigenvalue weighted by atomic mass is 10.0. The number of carboxylic acids is 1. The van der Waals surface area contributed by atoms with E-state index in [0.29, 0.717) is 17.9 Å². The highest BCUT2D eigenvalue weighted by Crippen LogP contribution is 2.27. The van der Waals surface area contributed by atoms with E-state index in [-0.39, 0.29) is 12.7 Å². The number of aliphatic hydroxyl groups excluding tert-OH is 1. The zero-order valence-electron chi connectivity index (χ0n) is 12.8. The molecule has 0 saturated carbocycles. The summed E-state index contributed by atoms with van der Waals surface area (Å²) in [5, 5.41) is 17.2. The first-order chi connectivity index (χ1) is 9.85. The third-order valence-corrected chi connectivity index (χ3v) is 3.20. The molecule has 21 heavy (non-hydrogen) atoms. The van der Waals surface area contributed by atoms with E-state index < -0.39 is 11.8 Å². The second kappa shape index (κ2) is 8.12. The van der Waals surface area contributed by atoms with Gasteiger partial charge in [-0.3, -0.25) is 0 Å². The molecule has 5 nitrogen and oxygen atoms in total. The summed E-state index contributed by atoms with van der Waals surface area (Å²) in [6.45, 7) is 6.80. The monoisotopic (exact) mass is 296 g/mol. The van der Waals surface area contributed by atoms with E-state index in [2.05, 4.69) is 6.92 Å². The van der Waals surface area contributed by atoms with E-state index in [1.165, 1.54) is 0 Å². The summed E-state index contributed by atoms with van der Waals surface area (Å²) in [4.78, 5) is 10.2. The van der Waals surface area contributed by atoms with Gasteiger partial charge in [0, 0.05) is 12.5 Å². The van der Waals surface area contributed by atoms with Crippen molar-refractivity contribution in [2.45, 2.75) is 39.1 Å². The van der Waals surface area contributed by atoms with Gasteiger partial charge < -0.3 is 19.7 Å². The Balaban J connectivity index is 0.000000219. The van der Waals surface area contributed by atoms with Crippen LogP contribution in [0.5, 0.6) is 0 Å². The van der Waals surface area contributed by atoms with Gasteiger partial charge in [-0.25, -0.2) is 4.79 Å². The van der Waals surface area contributed by atoms with Crippen LogP contribution in [0.2, 0.25) is 0 Å². The van der Waals surface area contributed by atoms with Gasteiger partial charge in [-0.15, -0.1) is 0 Å². The predicted octanol–water partition coefficient (Wildman–Crippen LogP) is 2.54. The van der Waals surface area contributed by atoms with Crippen LogP contribution in [0.4, 0.5) is 0 Å². The van der Waals surface area contributed by atoms with Gasteiger partial charge in [-0.1, -0.05) is 25.1 Å². The summed E-state index contributed by atoms with van der Waals surface area (Å²) < 4.78 is 11.1. The van der Waals surface area contributed by atoms with E-state index >= 15 is 0 Å². The van der Waals surface area contributed by atoms with Gasteiger partial charge in [0.05, 0.1) is 18.3 Å². The minimum absolute atomic E-state index is 0.138. The van der Waals surface area contributed by atoms with Crippen LogP contribution in [0.15, 0.2) is 30.3 Å². The molecular weight excluding hydrogens is 272 g/mol. The van der Waals surface area contributed by atoms with Crippen LogP contribution in [-0.2, 0) is 9.47 Å². The van der Waals surface area contributed by atoms with Crippen molar-refractivity contribution in [2.24, 2.45) is 5.92 Å². The van der Waals surface area contributed by atoms with Crippen LogP contribution in [0.25, 0.3) is 0 Å². The number of benzene rings is 1. The average Bonchev–Trinajstić information content (AvgIpc) is 2.45. The molecule has 2 atom stereocenters. The third-order valence-electron chi connectivity index (χ3n) is 3.20. The van der Waals surface area contributed by atoms with Gasteiger partial charge in [-0.2, -0.15) is 0 Å². The zero-order chi connectivity index (χ0) is 15.9. The van der Waals surface area contributed by atoms with Crippen LogP contribution in [0.3, 0.4) is 0 Å². The lowest BCUT2D eigenvalue weighted by molar-refractivity contribution is -0.292. The lowest BCUT2D eigenvalue weighted by Crippen LogP contribution is -2.44. The molecule has 1 aromatic rings. The second-order valence-corrected chi connectivity index (χ2v) is 5.53. The molecule has 1 aliphatic heterocycles. The molecule has 0 amide bonds. The molecule has 0 unspecified atom stereocenters. The molecule has 1 aromatic carbocycles. The SMILES string of the molecule is C[C@H]1COC(C)(C)O[C@H]1CCO.O=C(O)c1ccccc1. The molecule has 1 aliphatic rings. The summed E-state index contributed by atoms with van der Waals surface area (Å²) in [5.74, 6) is -0.979. The Kier molecular flexibility index (Phi) is 6.81. The van der Waals surface area contributed by atoms with Crippen LogP contribution in [-0.4, -0.2) is 41.3 Å². The number of aliphatic hydroxyl groups is 1. The van der Waals surface area contributed by atoms with Crippen molar-refractivity contribution in [1.82, 2.24) is 0 Å². The molecule has 0 bridgehead atoms. The Hall–Kier alpha value is -1.43. The molecule has 0 aliphatic carbocycles. The largest absolute Gasteiger partial charge is 0.478 e. The van der Waals surface area contributed by atoms with Crippen molar-refractivity contribution in [1.29, 1.82) is 0 Å². The molecule has 1 fully saturated rings. The first-order valence-corrected chi connectivity index (χ1v) is 7.06. The van der Waals surface area contributed by atoms with Crippen molar-refractivity contribution < 1.29 is 24.5 Å². The number of rotatable bonds is 3. The maximum absolute atomic E-state index is 10.2. The maximum atomic E-state index is 10.2. The summed E-state index contributed by atoms with van der Waals surface area (Å²) in [6, 6.07) is 8.30. The predicted molar refractivity (Wildman–Crippen MR) is 79.2 cm³/mol. The summed E-state index contributed by atoms with van der Waals surface area (Å²) >= 11 is 0. The van der Waals surface area contributed by atoms with Crippen molar-refractivity contribution in [3.8, 4) is 0 Å². The fourth-order valence-electron chi connectivity index (χ4n) is 2.01. The molecule has 5 heteroatoms. The highest BCUT2D eigenvalue weighted by atomic mass is 16.7. The number of hydrogen-bond acceptors (Lipinski definition) is 4. The number of aromatic carboxylic acids is 1. The number of carboxylic acid groups (broad SMARTS) is 1. The van der Waals surface area contributed by atoms with Crippen molar-refractivity contribution in [2.75, 3.05) is 13.2 Å². The van der Waals surface area contributed by atoms with Crippen LogP contribution in [0.1, 0.15) is 37.6 Å². The van der Waals surface area contributed by atoms with Gasteiger partial charge in [-0.05, 0) is 32.4 Å². The Morgan fingerprint density at radius 2 is 1.95 bits per heavy atom.